The second kappa shape index (κ2) is 6.16. The van der Waals surface area contributed by atoms with Gasteiger partial charge in [-0.15, -0.1) is 0 Å². The molecule has 0 N–H and O–H groups in total. The van der Waals surface area contributed by atoms with Crippen LogP contribution in [0.4, 0.5) is 0 Å². The molecule has 0 saturated heterocycles. The Morgan fingerprint density at radius 2 is 1.92 bits per heavy atom. The van der Waals surface area contributed by atoms with Crippen LogP contribution >= 0.6 is 22.9 Å². The van der Waals surface area contributed by atoms with Crippen LogP contribution in [-0.4, -0.2) is 25.1 Å². The van der Waals surface area contributed by atoms with Gasteiger partial charge in [-0.1, -0.05) is 35.1 Å². The molecule has 0 aliphatic carbocycles. The minimum Gasteiger partial charge on any atom is -0.319 e. The van der Waals surface area contributed by atoms with E-state index in [-0.39, 0.29) is 15.5 Å². The normalized spacial score (nSPS) is 12.7. The van der Waals surface area contributed by atoms with Crippen molar-refractivity contribution >= 4 is 48.9 Å². The number of hydrogen-bond acceptors (Lipinski definition) is 4. The minimum atomic E-state index is -3.43. The van der Waals surface area contributed by atoms with Crippen LogP contribution in [0.2, 0.25) is 5.02 Å². The molecule has 3 rings (SSSR count). The lowest BCUT2D eigenvalue weighted by atomic mass is 10.2. The lowest BCUT2D eigenvalue weighted by molar-refractivity contribution is 0.0998. The number of nitrogens with zero attached hydrogens (tertiary/aromatic N) is 2. The molecule has 1 heterocycles. The summed E-state index contributed by atoms with van der Waals surface area (Å²) in [7, 11) is -1.61. The van der Waals surface area contributed by atoms with Gasteiger partial charge < -0.3 is 4.57 Å². The highest BCUT2D eigenvalue weighted by atomic mass is 35.5. The van der Waals surface area contributed by atoms with Gasteiger partial charge in [-0.25, -0.2) is 8.42 Å². The molecule has 24 heavy (non-hydrogen) atoms. The number of halogens is 1. The fourth-order valence-corrected chi connectivity index (χ4v) is 4.10. The predicted octanol–water partition coefficient (Wildman–Crippen LogP) is 3.04. The van der Waals surface area contributed by atoms with Gasteiger partial charge in [0, 0.05) is 13.3 Å². The number of para-hydroxylation sites is 1. The highest BCUT2D eigenvalue weighted by Gasteiger charge is 2.15. The first-order valence-electron chi connectivity index (χ1n) is 6.90. The van der Waals surface area contributed by atoms with Crippen LogP contribution in [-0.2, 0) is 16.9 Å². The van der Waals surface area contributed by atoms with E-state index in [2.05, 4.69) is 4.99 Å². The van der Waals surface area contributed by atoms with Crippen molar-refractivity contribution < 1.29 is 13.2 Å². The molecule has 0 spiro atoms. The lowest BCUT2D eigenvalue weighted by Gasteiger charge is -2.03. The fourth-order valence-electron chi connectivity index (χ4n) is 2.23. The van der Waals surface area contributed by atoms with Crippen molar-refractivity contribution in [1.29, 1.82) is 0 Å². The summed E-state index contributed by atoms with van der Waals surface area (Å²) in [4.78, 5) is 17.2. The number of fused-ring (bicyclic) bond motifs is 1. The van der Waals surface area contributed by atoms with Gasteiger partial charge in [0.05, 0.1) is 25.7 Å². The maximum absolute atomic E-state index is 12.5. The molecule has 0 saturated carbocycles. The lowest BCUT2D eigenvalue weighted by Crippen LogP contribution is -2.13. The van der Waals surface area contributed by atoms with Crippen LogP contribution in [0.1, 0.15) is 10.4 Å². The minimum absolute atomic E-state index is 0.0335. The van der Waals surface area contributed by atoms with E-state index in [4.69, 9.17) is 11.6 Å². The molecule has 1 amide bonds. The highest BCUT2D eigenvalue weighted by molar-refractivity contribution is 7.90. The summed E-state index contributed by atoms with van der Waals surface area (Å²) in [6.45, 7) is 0. The zero-order valence-electron chi connectivity index (χ0n) is 12.9. The molecule has 124 valence electrons. The van der Waals surface area contributed by atoms with Gasteiger partial charge in [-0.2, -0.15) is 4.99 Å². The van der Waals surface area contributed by atoms with Gasteiger partial charge in [-0.3, -0.25) is 4.79 Å². The third-order valence-corrected chi connectivity index (χ3v) is 6.06. The molecule has 0 fully saturated rings. The Morgan fingerprint density at radius 3 is 2.58 bits per heavy atom. The Kier molecular flexibility index (Phi) is 4.33. The maximum Gasteiger partial charge on any atom is 0.281 e. The number of aryl methyl sites for hydroxylation is 1. The zero-order valence-corrected chi connectivity index (χ0v) is 15.2. The molecule has 8 heteroatoms. The summed E-state index contributed by atoms with van der Waals surface area (Å²) >= 11 is 7.42. The summed E-state index contributed by atoms with van der Waals surface area (Å²) in [5.74, 6) is -0.576. The fraction of sp³-hybridized carbons (Fsp3) is 0.125. The van der Waals surface area contributed by atoms with Crippen molar-refractivity contribution in [2.24, 2.45) is 12.0 Å². The molecule has 0 unspecified atom stereocenters. The molecule has 0 aliphatic rings. The Labute approximate surface area is 147 Å². The smallest absolute Gasteiger partial charge is 0.281 e. The summed E-state index contributed by atoms with van der Waals surface area (Å²) < 4.78 is 26.1. The van der Waals surface area contributed by atoms with Crippen molar-refractivity contribution in [3.63, 3.8) is 0 Å². The topological polar surface area (TPSA) is 68.5 Å². The molecule has 0 aliphatic heterocycles. The second-order valence-corrected chi connectivity index (χ2v) is 8.67. The first-order valence-corrected chi connectivity index (χ1v) is 9.99. The number of hydrogen-bond donors (Lipinski definition) is 0. The number of carbonyl (C=O) groups excluding carboxylic acids is 1. The third-order valence-electron chi connectivity index (χ3n) is 3.51. The number of sulfone groups is 1. The van der Waals surface area contributed by atoms with E-state index < -0.39 is 15.7 Å². The van der Waals surface area contributed by atoms with Crippen molar-refractivity contribution in [3.05, 3.63) is 57.9 Å². The third kappa shape index (κ3) is 3.15. The molecule has 3 aromatic rings. The van der Waals surface area contributed by atoms with E-state index in [1.807, 2.05) is 35.9 Å². The Morgan fingerprint density at radius 1 is 1.21 bits per heavy atom. The van der Waals surface area contributed by atoms with Gasteiger partial charge >= 0.3 is 0 Å². The Bertz CT molecular complexity index is 1130. The van der Waals surface area contributed by atoms with Crippen molar-refractivity contribution in [2.45, 2.75) is 4.90 Å². The Hall–Kier alpha value is -1.96. The average molecular weight is 381 g/mol. The standard InChI is InChI=1S/C16H13ClN2O3S2/c1-19-13-5-3-4-6-14(13)23-16(19)18-15(20)11-9-10(24(2,21)22)7-8-12(11)17/h3-9H,1-2H3. The van der Waals surface area contributed by atoms with Crippen molar-refractivity contribution in [3.8, 4) is 0 Å². The van der Waals surface area contributed by atoms with Crippen LogP contribution in [0.3, 0.4) is 0 Å². The Balaban J connectivity index is 2.14. The van der Waals surface area contributed by atoms with Gasteiger partial charge in [-0.05, 0) is 30.3 Å². The van der Waals surface area contributed by atoms with Crippen LogP contribution in [0, 0.1) is 0 Å². The van der Waals surface area contributed by atoms with E-state index >= 15 is 0 Å². The summed E-state index contributed by atoms with van der Waals surface area (Å²) in [6.07, 6.45) is 1.08. The van der Waals surface area contributed by atoms with Crippen LogP contribution in [0.5, 0.6) is 0 Å². The number of benzene rings is 2. The maximum atomic E-state index is 12.5. The summed E-state index contributed by atoms with van der Waals surface area (Å²) in [6, 6.07) is 11.7. The molecular weight excluding hydrogens is 368 g/mol. The van der Waals surface area contributed by atoms with Gasteiger partial charge in [0.15, 0.2) is 14.6 Å². The molecule has 0 radical (unpaired) electrons. The second-order valence-electron chi connectivity index (χ2n) is 5.24. The van der Waals surface area contributed by atoms with Crippen LogP contribution in [0.15, 0.2) is 52.4 Å². The van der Waals surface area contributed by atoms with E-state index in [1.165, 1.54) is 29.5 Å². The molecule has 0 bridgehead atoms. The molecule has 2 aromatic carbocycles. The highest BCUT2D eigenvalue weighted by Crippen LogP contribution is 2.22. The van der Waals surface area contributed by atoms with E-state index in [0.29, 0.717) is 4.80 Å². The van der Waals surface area contributed by atoms with Crippen molar-refractivity contribution in [1.82, 2.24) is 4.57 Å². The summed E-state index contributed by atoms with van der Waals surface area (Å²) in [5.41, 5.74) is 1.03. The largest absolute Gasteiger partial charge is 0.319 e. The molecule has 0 atom stereocenters. The van der Waals surface area contributed by atoms with Gasteiger partial charge in [0.25, 0.3) is 5.91 Å². The summed E-state index contributed by atoms with van der Waals surface area (Å²) in [5, 5.41) is 0.167. The van der Waals surface area contributed by atoms with Crippen molar-refractivity contribution in [2.75, 3.05) is 6.26 Å². The SMILES string of the molecule is Cn1c(=NC(=O)c2cc(S(C)(=O)=O)ccc2Cl)sc2ccccc21. The quantitative estimate of drug-likeness (QED) is 0.686. The average Bonchev–Trinajstić information content (AvgIpc) is 2.83. The number of thiazole rings is 1. The molecular formula is C16H13ClN2O3S2. The number of aromatic nitrogens is 1. The van der Waals surface area contributed by atoms with Crippen LogP contribution < -0.4 is 4.80 Å². The first-order chi connectivity index (χ1) is 11.3. The molecule has 5 nitrogen and oxygen atoms in total. The first kappa shape index (κ1) is 16.9. The number of carbonyl (C=O) groups is 1. The van der Waals surface area contributed by atoms with Gasteiger partial charge in [0.1, 0.15) is 0 Å². The zero-order chi connectivity index (χ0) is 17.5. The number of amides is 1. The van der Waals surface area contributed by atoms with E-state index in [1.54, 1.807) is 0 Å². The van der Waals surface area contributed by atoms with E-state index in [0.717, 1.165) is 16.5 Å². The van der Waals surface area contributed by atoms with Gasteiger partial charge in [0.2, 0.25) is 0 Å². The molecule has 1 aromatic heterocycles. The number of rotatable bonds is 2. The monoisotopic (exact) mass is 380 g/mol. The predicted molar refractivity (Wildman–Crippen MR) is 95.3 cm³/mol. The van der Waals surface area contributed by atoms with Crippen LogP contribution in [0.25, 0.3) is 10.2 Å². The van der Waals surface area contributed by atoms with E-state index in [9.17, 15) is 13.2 Å².